The first kappa shape index (κ1) is 24.3. The average Bonchev–Trinajstić information content (AvgIpc) is 2.68. The van der Waals surface area contributed by atoms with Crippen molar-refractivity contribution in [3.8, 4) is 0 Å². The first-order valence-corrected chi connectivity index (χ1v) is 9.51. The van der Waals surface area contributed by atoms with Gasteiger partial charge in [-0.1, -0.05) is 6.07 Å². The second kappa shape index (κ2) is 9.86. The lowest BCUT2D eigenvalue weighted by molar-refractivity contribution is -0.384. The summed E-state index contributed by atoms with van der Waals surface area (Å²) in [6.07, 6.45) is -0.799. The molecule has 0 heterocycles. The molecule has 0 fully saturated rings. The highest BCUT2D eigenvalue weighted by Gasteiger charge is 2.21. The molecule has 170 valence electrons. The van der Waals surface area contributed by atoms with Crippen LogP contribution in [-0.4, -0.2) is 34.5 Å². The third kappa shape index (κ3) is 7.04. The number of non-ortho nitro benzene ring substituents is 1. The smallest absolute Gasteiger partial charge is 0.412 e. The zero-order chi connectivity index (χ0) is 24.1. The SMILES string of the molecule is CC(NC(=O)c1cccc([N+](=O)[O-])c1)C(=O)Nc1cc(F)ccc1NC(=O)OC(C)(C)C. The van der Waals surface area contributed by atoms with Crippen molar-refractivity contribution in [2.24, 2.45) is 0 Å². The fourth-order valence-corrected chi connectivity index (χ4v) is 2.49. The highest BCUT2D eigenvalue weighted by atomic mass is 19.1. The molecule has 0 saturated heterocycles. The molecule has 1 unspecified atom stereocenters. The van der Waals surface area contributed by atoms with Gasteiger partial charge in [0.2, 0.25) is 5.91 Å². The van der Waals surface area contributed by atoms with Crippen LogP contribution in [0.3, 0.4) is 0 Å². The molecule has 0 aromatic heterocycles. The molecule has 2 aromatic rings. The van der Waals surface area contributed by atoms with Crippen LogP contribution >= 0.6 is 0 Å². The number of nitro groups is 1. The lowest BCUT2D eigenvalue weighted by atomic mass is 10.1. The number of nitrogens with zero attached hydrogens (tertiary/aromatic N) is 1. The highest BCUT2D eigenvalue weighted by Crippen LogP contribution is 2.24. The van der Waals surface area contributed by atoms with Crippen LogP contribution in [0.5, 0.6) is 0 Å². The van der Waals surface area contributed by atoms with Crippen LogP contribution in [0.15, 0.2) is 42.5 Å². The Bertz CT molecular complexity index is 1050. The molecular weight excluding hydrogens is 423 g/mol. The second-order valence-corrected chi connectivity index (χ2v) is 7.81. The van der Waals surface area contributed by atoms with Crippen LogP contribution in [0.4, 0.5) is 26.2 Å². The second-order valence-electron chi connectivity index (χ2n) is 7.81. The van der Waals surface area contributed by atoms with Crippen LogP contribution in [0, 0.1) is 15.9 Å². The number of benzene rings is 2. The average molecular weight is 446 g/mol. The van der Waals surface area contributed by atoms with Gasteiger partial charge in [0.25, 0.3) is 11.6 Å². The van der Waals surface area contributed by atoms with Gasteiger partial charge in [0.05, 0.1) is 16.3 Å². The largest absolute Gasteiger partial charge is 0.444 e. The number of carbonyl (C=O) groups excluding carboxylic acids is 3. The monoisotopic (exact) mass is 446 g/mol. The molecule has 2 aromatic carbocycles. The number of halogens is 1. The molecular formula is C21H23FN4O6. The fraction of sp³-hybridized carbons (Fsp3) is 0.286. The number of ether oxygens (including phenoxy) is 1. The van der Waals surface area contributed by atoms with E-state index in [-0.39, 0.29) is 22.6 Å². The lowest BCUT2D eigenvalue weighted by Gasteiger charge is -2.21. The number of nitrogens with one attached hydrogen (secondary N) is 3. The predicted molar refractivity (Wildman–Crippen MR) is 115 cm³/mol. The van der Waals surface area contributed by atoms with E-state index in [2.05, 4.69) is 16.0 Å². The summed E-state index contributed by atoms with van der Waals surface area (Å²) in [4.78, 5) is 47.1. The third-order valence-corrected chi connectivity index (χ3v) is 3.94. The molecule has 32 heavy (non-hydrogen) atoms. The maximum absolute atomic E-state index is 13.7. The Kier molecular flexibility index (Phi) is 7.47. The number of hydrogen-bond acceptors (Lipinski definition) is 6. The van der Waals surface area contributed by atoms with Gasteiger partial charge in [-0.05, 0) is 52.0 Å². The molecule has 0 spiro atoms. The van der Waals surface area contributed by atoms with Crippen molar-refractivity contribution in [3.05, 3.63) is 64.0 Å². The van der Waals surface area contributed by atoms with E-state index in [1.54, 1.807) is 20.8 Å². The van der Waals surface area contributed by atoms with Gasteiger partial charge in [0, 0.05) is 17.7 Å². The Morgan fingerprint density at radius 1 is 1.06 bits per heavy atom. The molecule has 2 rings (SSSR count). The van der Waals surface area contributed by atoms with Crippen molar-refractivity contribution < 1.29 is 28.4 Å². The maximum atomic E-state index is 13.7. The van der Waals surface area contributed by atoms with Crippen LogP contribution in [0.2, 0.25) is 0 Å². The van der Waals surface area contributed by atoms with Gasteiger partial charge in [-0.25, -0.2) is 9.18 Å². The summed E-state index contributed by atoms with van der Waals surface area (Å²) in [7, 11) is 0. The van der Waals surface area contributed by atoms with E-state index >= 15 is 0 Å². The van der Waals surface area contributed by atoms with Crippen LogP contribution in [0.1, 0.15) is 38.1 Å². The van der Waals surface area contributed by atoms with Crippen LogP contribution in [0.25, 0.3) is 0 Å². The Morgan fingerprint density at radius 3 is 2.38 bits per heavy atom. The lowest BCUT2D eigenvalue weighted by Crippen LogP contribution is -2.41. The summed E-state index contributed by atoms with van der Waals surface area (Å²) >= 11 is 0. The molecule has 0 saturated carbocycles. The van der Waals surface area contributed by atoms with E-state index in [1.165, 1.54) is 31.2 Å². The molecule has 10 nitrogen and oxygen atoms in total. The minimum Gasteiger partial charge on any atom is -0.444 e. The Labute approximate surface area is 183 Å². The van der Waals surface area contributed by atoms with E-state index in [1.807, 2.05) is 0 Å². The van der Waals surface area contributed by atoms with Crippen molar-refractivity contribution in [1.29, 1.82) is 0 Å². The van der Waals surface area contributed by atoms with Gasteiger partial charge in [-0.3, -0.25) is 25.0 Å². The Morgan fingerprint density at radius 2 is 1.75 bits per heavy atom. The molecule has 0 aliphatic rings. The topological polar surface area (TPSA) is 140 Å². The summed E-state index contributed by atoms with van der Waals surface area (Å²) in [5.41, 5.74) is -0.994. The van der Waals surface area contributed by atoms with Crippen molar-refractivity contribution in [1.82, 2.24) is 5.32 Å². The molecule has 3 amide bonds. The van der Waals surface area contributed by atoms with Crippen LogP contribution < -0.4 is 16.0 Å². The summed E-state index contributed by atoms with van der Waals surface area (Å²) in [5, 5.41) is 18.1. The normalized spacial score (nSPS) is 11.8. The first-order chi connectivity index (χ1) is 14.9. The summed E-state index contributed by atoms with van der Waals surface area (Å²) < 4.78 is 18.9. The van der Waals surface area contributed by atoms with Gasteiger partial charge >= 0.3 is 6.09 Å². The highest BCUT2D eigenvalue weighted by molar-refractivity contribution is 6.03. The minimum absolute atomic E-state index is 0.00288. The van der Waals surface area contributed by atoms with E-state index in [9.17, 15) is 28.9 Å². The first-order valence-electron chi connectivity index (χ1n) is 9.51. The zero-order valence-electron chi connectivity index (χ0n) is 17.9. The fourth-order valence-electron chi connectivity index (χ4n) is 2.49. The maximum Gasteiger partial charge on any atom is 0.412 e. The van der Waals surface area contributed by atoms with E-state index in [4.69, 9.17) is 4.74 Å². The summed E-state index contributed by atoms with van der Waals surface area (Å²) in [6.45, 7) is 6.40. The van der Waals surface area contributed by atoms with Gasteiger partial charge in [-0.2, -0.15) is 0 Å². The van der Waals surface area contributed by atoms with Gasteiger partial charge in [0.15, 0.2) is 0 Å². The summed E-state index contributed by atoms with van der Waals surface area (Å²) in [5.74, 6) is -2.08. The van der Waals surface area contributed by atoms with Crippen LogP contribution in [-0.2, 0) is 9.53 Å². The number of amides is 3. The molecule has 0 aliphatic heterocycles. The Hall–Kier alpha value is -4.02. The Balaban J connectivity index is 2.10. The van der Waals surface area contributed by atoms with Gasteiger partial charge in [0.1, 0.15) is 17.5 Å². The number of anilines is 2. The molecule has 0 radical (unpaired) electrons. The number of hydrogen-bond donors (Lipinski definition) is 3. The van der Waals surface area contributed by atoms with Crippen molar-refractivity contribution >= 4 is 35.0 Å². The third-order valence-electron chi connectivity index (χ3n) is 3.94. The number of carbonyl (C=O) groups is 3. The zero-order valence-corrected chi connectivity index (χ0v) is 17.9. The minimum atomic E-state index is -1.08. The van der Waals surface area contributed by atoms with E-state index in [0.717, 1.165) is 18.2 Å². The molecule has 0 bridgehead atoms. The molecule has 11 heteroatoms. The molecule has 0 aliphatic carbocycles. The van der Waals surface area contributed by atoms with Gasteiger partial charge in [-0.15, -0.1) is 0 Å². The number of nitro benzene ring substituents is 1. The quantitative estimate of drug-likeness (QED) is 0.455. The van der Waals surface area contributed by atoms with E-state index < -0.39 is 40.3 Å². The van der Waals surface area contributed by atoms with E-state index in [0.29, 0.717) is 0 Å². The predicted octanol–water partition coefficient (Wildman–Crippen LogP) is 3.84. The summed E-state index contributed by atoms with van der Waals surface area (Å²) in [6, 6.07) is 7.28. The van der Waals surface area contributed by atoms with Crippen molar-refractivity contribution in [2.75, 3.05) is 10.6 Å². The van der Waals surface area contributed by atoms with Gasteiger partial charge < -0.3 is 15.4 Å². The standard InChI is InChI=1S/C21H23FN4O6/c1-12(23-19(28)13-6-5-7-15(10-13)26(30)31)18(27)24-17-11-14(22)8-9-16(17)25-20(29)32-21(2,3)4/h5-12H,1-4H3,(H,23,28)(H,24,27)(H,25,29). The molecule has 3 N–H and O–H groups in total. The van der Waals surface area contributed by atoms with Crippen molar-refractivity contribution in [2.45, 2.75) is 39.3 Å². The number of rotatable bonds is 6. The molecule has 1 atom stereocenters. The van der Waals surface area contributed by atoms with Crippen molar-refractivity contribution in [3.63, 3.8) is 0 Å².